The van der Waals surface area contributed by atoms with Crippen molar-refractivity contribution >= 4 is 25.7 Å². The smallest absolute Gasteiger partial charge is 0.265 e. The molecule has 0 aliphatic rings. The third-order valence-corrected chi connectivity index (χ3v) is 4.95. The normalized spacial score (nSPS) is 12.0. The van der Waals surface area contributed by atoms with Crippen LogP contribution in [0.15, 0.2) is 58.3 Å². The van der Waals surface area contributed by atoms with E-state index >= 15 is 0 Å². The Labute approximate surface area is 122 Å². The van der Waals surface area contributed by atoms with Crippen LogP contribution in [0.5, 0.6) is 5.75 Å². The number of hydrogen-bond donors (Lipinski definition) is 3. The van der Waals surface area contributed by atoms with E-state index in [1.807, 2.05) is 0 Å². The van der Waals surface area contributed by atoms with Gasteiger partial charge in [0.25, 0.3) is 10.0 Å². The quantitative estimate of drug-likeness (QED) is 0.766. The second kappa shape index (κ2) is 5.35. The molecule has 0 atom stereocenters. The number of benzene rings is 2. The summed E-state index contributed by atoms with van der Waals surface area (Å²) in [5.41, 5.74) is 0.144. The summed E-state index contributed by atoms with van der Waals surface area (Å²) in [5.74, 6) is -0.383. The van der Waals surface area contributed by atoms with Crippen LogP contribution in [-0.2, 0) is 20.0 Å². The Kier molecular flexibility index (Phi) is 3.90. The Hall–Kier alpha value is -2.10. The van der Waals surface area contributed by atoms with Crippen LogP contribution in [0.3, 0.4) is 0 Å². The standard InChI is InChI=1S/C12H12N2O5S2/c13-20(16,17)10-7-5-9(6-8-10)14-21(18,19)12-4-2-1-3-11(12)15/h1-8,14-15H,(H2,13,16,17). The molecule has 4 N–H and O–H groups in total. The van der Waals surface area contributed by atoms with Crippen molar-refractivity contribution in [3.63, 3.8) is 0 Å². The third kappa shape index (κ3) is 3.51. The lowest BCUT2D eigenvalue weighted by Gasteiger charge is -2.09. The summed E-state index contributed by atoms with van der Waals surface area (Å²) in [4.78, 5) is -0.409. The van der Waals surface area contributed by atoms with Crippen molar-refractivity contribution in [3.8, 4) is 5.75 Å². The third-order valence-electron chi connectivity index (χ3n) is 2.59. The SMILES string of the molecule is NS(=O)(=O)c1ccc(NS(=O)(=O)c2ccccc2O)cc1. The number of nitrogens with two attached hydrogens (primary N) is 1. The van der Waals surface area contributed by atoms with E-state index in [1.54, 1.807) is 0 Å². The van der Waals surface area contributed by atoms with Crippen LogP contribution in [0.25, 0.3) is 0 Å². The van der Waals surface area contributed by atoms with Gasteiger partial charge in [-0.3, -0.25) is 4.72 Å². The van der Waals surface area contributed by atoms with Gasteiger partial charge in [0.05, 0.1) is 4.90 Å². The van der Waals surface area contributed by atoms with Crippen LogP contribution in [-0.4, -0.2) is 21.9 Å². The molecular formula is C12H12N2O5S2. The summed E-state index contributed by atoms with van der Waals surface area (Å²) < 4.78 is 48.6. The van der Waals surface area contributed by atoms with Gasteiger partial charge in [0, 0.05) is 5.69 Å². The van der Waals surface area contributed by atoms with Crippen LogP contribution in [0.1, 0.15) is 0 Å². The molecule has 21 heavy (non-hydrogen) atoms. The molecule has 7 nitrogen and oxygen atoms in total. The highest BCUT2D eigenvalue weighted by atomic mass is 32.2. The van der Waals surface area contributed by atoms with E-state index in [-0.39, 0.29) is 21.2 Å². The number of phenols is 1. The van der Waals surface area contributed by atoms with Gasteiger partial charge in [-0.15, -0.1) is 0 Å². The number of para-hydroxylation sites is 1. The number of phenolic OH excluding ortho intramolecular Hbond substituents is 1. The summed E-state index contributed by atoms with van der Waals surface area (Å²) in [6, 6.07) is 10.3. The fraction of sp³-hybridized carbons (Fsp3) is 0. The molecular weight excluding hydrogens is 316 g/mol. The first kappa shape index (κ1) is 15.3. The van der Waals surface area contributed by atoms with Gasteiger partial charge in [0.15, 0.2) is 0 Å². The summed E-state index contributed by atoms with van der Waals surface area (Å²) >= 11 is 0. The van der Waals surface area contributed by atoms with E-state index in [0.29, 0.717) is 0 Å². The number of nitrogens with one attached hydrogen (secondary N) is 1. The zero-order valence-electron chi connectivity index (χ0n) is 10.6. The van der Waals surface area contributed by atoms with Crippen molar-refractivity contribution in [2.24, 2.45) is 5.14 Å². The van der Waals surface area contributed by atoms with E-state index in [1.165, 1.54) is 48.5 Å². The van der Waals surface area contributed by atoms with Gasteiger partial charge in [0.2, 0.25) is 10.0 Å². The van der Waals surface area contributed by atoms with Gasteiger partial charge in [-0.1, -0.05) is 12.1 Å². The highest BCUT2D eigenvalue weighted by molar-refractivity contribution is 7.92. The van der Waals surface area contributed by atoms with E-state index in [9.17, 15) is 21.9 Å². The minimum absolute atomic E-state index is 0.131. The first-order valence-corrected chi connectivity index (χ1v) is 8.67. The molecule has 0 heterocycles. The highest BCUT2D eigenvalue weighted by Crippen LogP contribution is 2.24. The van der Waals surface area contributed by atoms with Crippen LogP contribution in [0.2, 0.25) is 0 Å². The Morgan fingerprint density at radius 3 is 2.00 bits per heavy atom. The molecule has 2 aromatic carbocycles. The Balaban J connectivity index is 2.32. The molecule has 0 saturated heterocycles. The Morgan fingerprint density at radius 1 is 0.905 bits per heavy atom. The van der Waals surface area contributed by atoms with Gasteiger partial charge >= 0.3 is 0 Å². The van der Waals surface area contributed by atoms with Crippen LogP contribution >= 0.6 is 0 Å². The van der Waals surface area contributed by atoms with Gasteiger partial charge < -0.3 is 5.11 Å². The topological polar surface area (TPSA) is 127 Å². The second-order valence-corrected chi connectivity index (χ2v) is 7.35. The molecule has 0 amide bonds. The van der Waals surface area contributed by atoms with E-state index in [4.69, 9.17) is 5.14 Å². The van der Waals surface area contributed by atoms with Crippen LogP contribution in [0, 0.1) is 0 Å². The summed E-state index contributed by atoms with van der Waals surface area (Å²) in [5, 5.41) is 14.5. The summed E-state index contributed by atoms with van der Waals surface area (Å²) in [6.07, 6.45) is 0. The summed E-state index contributed by atoms with van der Waals surface area (Å²) in [7, 11) is -7.81. The maximum absolute atomic E-state index is 12.1. The molecule has 112 valence electrons. The average molecular weight is 328 g/mol. The van der Waals surface area contributed by atoms with E-state index in [0.717, 1.165) is 0 Å². The molecule has 0 bridgehead atoms. The largest absolute Gasteiger partial charge is 0.507 e. The lowest BCUT2D eigenvalue weighted by atomic mass is 10.3. The molecule has 0 fully saturated rings. The maximum Gasteiger partial charge on any atom is 0.265 e. The molecule has 0 aromatic heterocycles. The highest BCUT2D eigenvalue weighted by Gasteiger charge is 2.18. The Bertz CT molecular complexity index is 859. The number of aromatic hydroxyl groups is 1. The van der Waals surface area contributed by atoms with Crippen LogP contribution < -0.4 is 9.86 Å². The Morgan fingerprint density at radius 2 is 1.48 bits per heavy atom. The fourth-order valence-corrected chi connectivity index (χ4v) is 3.28. The molecule has 0 radical (unpaired) electrons. The van der Waals surface area contributed by atoms with Crippen molar-refractivity contribution in [1.82, 2.24) is 0 Å². The average Bonchev–Trinajstić information content (AvgIpc) is 2.38. The van der Waals surface area contributed by atoms with Crippen molar-refractivity contribution in [1.29, 1.82) is 0 Å². The molecule has 0 unspecified atom stereocenters. The van der Waals surface area contributed by atoms with Crippen molar-refractivity contribution in [2.45, 2.75) is 9.79 Å². The summed E-state index contributed by atoms with van der Waals surface area (Å²) in [6.45, 7) is 0. The molecule has 0 aliphatic heterocycles. The molecule has 2 rings (SSSR count). The molecule has 0 saturated carbocycles. The predicted octanol–water partition coefficient (Wildman–Crippen LogP) is 0.840. The van der Waals surface area contributed by atoms with Crippen molar-refractivity contribution in [2.75, 3.05) is 4.72 Å². The first-order chi connectivity index (χ1) is 9.70. The minimum Gasteiger partial charge on any atom is -0.507 e. The molecule has 2 aromatic rings. The van der Waals surface area contributed by atoms with Gasteiger partial charge in [-0.25, -0.2) is 22.0 Å². The number of anilines is 1. The zero-order valence-corrected chi connectivity index (χ0v) is 12.2. The maximum atomic E-state index is 12.1. The number of primary sulfonamides is 1. The lowest BCUT2D eigenvalue weighted by molar-refractivity contribution is 0.459. The fourth-order valence-electron chi connectivity index (χ4n) is 1.61. The molecule has 9 heteroatoms. The molecule has 0 aliphatic carbocycles. The van der Waals surface area contributed by atoms with Gasteiger partial charge in [0.1, 0.15) is 10.6 Å². The van der Waals surface area contributed by atoms with Crippen molar-refractivity contribution < 1.29 is 21.9 Å². The molecule has 0 spiro atoms. The second-order valence-electron chi connectivity index (χ2n) is 4.14. The van der Waals surface area contributed by atoms with Gasteiger partial charge in [-0.05, 0) is 36.4 Å². The number of sulfonamides is 2. The lowest BCUT2D eigenvalue weighted by Crippen LogP contribution is -2.14. The number of hydrogen-bond acceptors (Lipinski definition) is 5. The number of rotatable bonds is 4. The van der Waals surface area contributed by atoms with Crippen molar-refractivity contribution in [3.05, 3.63) is 48.5 Å². The van der Waals surface area contributed by atoms with E-state index < -0.39 is 20.0 Å². The predicted molar refractivity (Wildman–Crippen MR) is 76.7 cm³/mol. The zero-order chi connectivity index (χ0) is 15.7. The monoisotopic (exact) mass is 328 g/mol. The van der Waals surface area contributed by atoms with Gasteiger partial charge in [-0.2, -0.15) is 0 Å². The van der Waals surface area contributed by atoms with E-state index in [2.05, 4.69) is 4.72 Å². The van der Waals surface area contributed by atoms with Crippen LogP contribution in [0.4, 0.5) is 5.69 Å². The first-order valence-electron chi connectivity index (χ1n) is 5.64. The minimum atomic E-state index is -3.97.